The lowest BCUT2D eigenvalue weighted by atomic mass is 10.0. The smallest absolute Gasteiger partial charge is 0.252 e. The van der Waals surface area contributed by atoms with Crippen LogP contribution in [0.25, 0.3) is 0 Å². The van der Waals surface area contributed by atoms with E-state index in [1.807, 2.05) is 43.3 Å². The summed E-state index contributed by atoms with van der Waals surface area (Å²) in [5.41, 5.74) is 9.61. The highest BCUT2D eigenvalue weighted by Crippen LogP contribution is 2.16. The number of aryl methyl sites for hydroxylation is 1. The third kappa shape index (κ3) is 3.92. The van der Waals surface area contributed by atoms with Gasteiger partial charge >= 0.3 is 0 Å². The molecule has 110 valence electrons. The number of carbonyl (C=O) groups excluding carboxylic acids is 1. The van der Waals surface area contributed by atoms with Gasteiger partial charge in [-0.1, -0.05) is 48.0 Å². The van der Waals surface area contributed by atoms with E-state index in [1.54, 1.807) is 0 Å². The molecule has 3 heteroatoms. The predicted molar refractivity (Wildman–Crippen MR) is 86.3 cm³/mol. The highest BCUT2D eigenvalue weighted by atomic mass is 16.1. The van der Waals surface area contributed by atoms with Crippen molar-refractivity contribution in [1.29, 1.82) is 0 Å². The zero-order valence-electron chi connectivity index (χ0n) is 12.6. The van der Waals surface area contributed by atoms with Crippen LogP contribution < -0.4 is 11.1 Å². The molecule has 2 rings (SSSR count). The van der Waals surface area contributed by atoms with Gasteiger partial charge < -0.3 is 11.1 Å². The van der Waals surface area contributed by atoms with Crippen LogP contribution in [0.5, 0.6) is 0 Å². The van der Waals surface area contributed by atoms with E-state index in [-0.39, 0.29) is 11.9 Å². The van der Waals surface area contributed by atoms with Gasteiger partial charge in [-0.25, -0.2) is 0 Å². The van der Waals surface area contributed by atoms with Gasteiger partial charge in [0.15, 0.2) is 0 Å². The average Bonchev–Trinajstić information content (AvgIpc) is 2.48. The monoisotopic (exact) mass is 282 g/mol. The Morgan fingerprint density at radius 3 is 2.67 bits per heavy atom. The Kier molecular flexibility index (Phi) is 5.12. The Labute approximate surface area is 126 Å². The fourth-order valence-electron chi connectivity index (χ4n) is 2.41. The van der Waals surface area contributed by atoms with E-state index >= 15 is 0 Å². The summed E-state index contributed by atoms with van der Waals surface area (Å²) >= 11 is 0. The lowest BCUT2D eigenvalue weighted by molar-refractivity contribution is 0.0939. The summed E-state index contributed by atoms with van der Waals surface area (Å²) in [6, 6.07) is 15.8. The van der Waals surface area contributed by atoms with Gasteiger partial charge in [0, 0.05) is 5.56 Å². The van der Waals surface area contributed by atoms with Crippen LogP contribution in [-0.4, -0.2) is 12.5 Å². The topological polar surface area (TPSA) is 55.1 Å². The highest BCUT2D eigenvalue weighted by molar-refractivity contribution is 5.95. The summed E-state index contributed by atoms with van der Waals surface area (Å²) in [4.78, 5) is 12.5. The van der Waals surface area contributed by atoms with E-state index in [9.17, 15) is 4.79 Å². The molecule has 0 bridgehead atoms. The van der Waals surface area contributed by atoms with Crippen LogP contribution in [0.2, 0.25) is 0 Å². The highest BCUT2D eigenvalue weighted by Gasteiger charge is 2.14. The number of carbonyl (C=O) groups is 1. The minimum atomic E-state index is -0.0481. The van der Waals surface area contributed by atoms with Crippen molar-refractivity contribution in [2.45, 2.75) is 26.3 Å². The molecule has 0 spiro atoms. The molecule has 21 heavy (non-hydrogen) atoms. The number of nitrogens with one attached hydrogen (secondary N) is 1. The molecular weight excluding hydrogens is 260 g/mol. The minimum Gasteiger partial charge on any atom is -0.346 e. The molecule has 0 saturated heterocycles. The number of hydrogen-bond donors (Lipinski definition) is 2. The zero-order valence-corrected chi connectivity index (χ0v) is 12.6. The van der Waals surface area contributed by atoms with Crippen LogP contribution in [0.4, 0.5) is 0 Å². The van der Waals surface area contributed by atoms with Crippen molar-refractivity contribution in [2.75, 3.05) is 6.54 Å². The van der Waals surface area contributed by atoms with Gasteiger partial charge in [0.1, 0.15) is 0 Å². The fraction of sp³-hybridized carbons (Fsp3) is 0.278. The number of benzene rings is 2. The number of nitrogens with two attached hydrogens (primary N) is 1. The number of hydrogen-bond acceptors (Lipinski definition) is 2. The molecule has 3 nitrogen and oxygen atoms in total. The van der Waals surface area contributed by atoms with Crippen LogP contribution >= 0.6 is 0 Å². The first-order chi connectivity index (χ1) is 10.1. The third-order valence-electron chi connectivity index (χ3n) is 3.57. The standard InChI is InChI=1S/C18H22N2O/c1-13-6-5-8-16(12-13)14(2)20-18(21)17-9-4-3-7-15(17)10-11-19/h3-9,12,14H,10-11,19H2,1-2H3,(H,20,21)/t14-/m1/s1. The van der Waals surface area contributed by atoms with Gasteiger partial charge in [-0.15, -0.1) is 0 Å². The zero-order chi connectivity index (χ0) is 15.2. The Bertz CT molecular complexity index is 622. The van der Waals surface area contributed by atoms with Gasteiger partial charge in [0.2, 0.25) is 0 Å². The maximum Gasteiger partial charge on any atom is 0.252 e. The predicted octanol–water partition coefficient (Wildman–Crippen LogP) is 2.99. The van der Waals surface area contributed by atoms with Crippen molar-refractivity contribution in [2.24, 2.45) is 5.73 Å². The lowest BCUT2D eigenvalue weighted by Crippen LogP contribution is -2.27. The molecule has 0 radical (unpaired) electrons. The molecule has 0 aliphatic rings. The summed E-state index contributed by atoms with van der Waals surface area (Å²) in [5, 5.41) is 3.06. The molecule has 0 saturated carbocycles. The lowest BCUT2D eigenvalue weighted by Gasteiger charge is -2.16. The minimum absolute atomic E-state index is 0.0247. The maximum atomic E-state index is 12.5. The first-order valence-corrected chi connectivity index (χ1v) is 7.27. The summed E-state index contributed by atoms with van der Waals surface area (Å²) in [5.74, 6) is -0.0481. The van der Waals surface area contributed by atoms with Crippen molar-refractivity contribution in [3.05, 3.63) is 70.8 Å². The SMILES string of the molecule is Cc1cccc([C@@H](C)NC(=O)c2ccccc2CCN)c1. The number of rotatable bonds is 5. The normalized spacial score (nSPS) is 12.0. The van der Waals surface area contributed by atoms with E-state index in [2.05, 4.69) is 24.4 Å². The molecule has 0 heterocycles. The van der Waals surface area contributed by atoms with Gasteiger partial charge in [-0.05, 0) is 44.0 Å². The van der Waals surface area contributed by atoms with Gasteiger partial charge in [0.25, 0.3) is 5.91 Å². The van der Waals surface area contributed by atoms with E-state index in [0.717, 1.165) is 11.1 Å². The number of amides is 1. The Morgan fingerprint density at radius 1 is 1.19 bits per heavy atom. The second kappa shape index (κ2) is 7.04. The second-order valence-electron chi connectivity index (χ2n) is 5.31. The van der Waals surface area contributed by atoms with Crippen LogP contribution in [0.1, 0.15) is 40.0 Å². The van der Waals surface area contributed by atoms with Crippen LogP contribution in [0.15, 0.2) is 48.5 Å². The molecule has 3 N–H and O–H groups in total. The largest absolute Gasteiger partial charge is 0.346 e. The first kappa shape index (κ1) is 15.3. The quantitative estimate of drug-likeness (QED) is 0.885. The molecule has 0 fully saturated rings. The maximum absolute atomic E-state index is 12.5. The van der Waals surface area contributed by atoms with Crippen LogP contribution in [0.3, 0.4) is 0 Å². The molecule has 0 aliphatic heterocycles. The van der Waals surface area contributed by atoms with Crippen molar-refractivity contribution in [3.63, 3.8) is 0 Å². The summed E-state index contributed by atoms with van der Waals surface area (Å²) in [6.07, 6.45) is 0.711. The Morgan fingerprint density at radius 2 is 1.95 bits per heavy atom. The molecule has 2 aromatic carbocycles. The van der Waals surface area contributed by atoms with Crippen molar-refractivity contribution in [3.8, 4) is 0 Å². The summed E-state index contributed by atoms with van der Waals surface area (Å²) in [6.45, 7) is 4.59. The van der Waals surface area contributed by atoms with Crippen molar-refractivity contribution < 1.29 is 4.79 Å². The van der Waals surface area contributed by atoms with Gasteiger partial charge in [-0.2, -0.15) is 0 Å². The van der Waals surface area contributed by atoms with E-state index in [4.69, 9.17) is 5.73 Å². The first-order valence-electron chi connectivity index (χ1n) is 7.27. The molecule has 0 unspecified atom stereocenters. The van der Waals surface area contributed by atoms with Crippen molar-refractivity contribution in [1.82, 2.24) is 5.32 Å². The second-order valence-corrected chi connectivity index (χ2v) is 5.31. The molecule has 2 aromatic rings. The van der Waals surface area contributed by atoms with E-state index < -0.39 is 0 Å². The van der Waals surface area contributed by atoms with Crippen molar-refractivity contribution >= 4 is 5.91 Å². The Hall–Kier alpha value is -2.13. The van der Waals surface area contributed by atoms with E-state index in [1.165, 1.54) is 5.56 Å². The average molecular weight is 282 g/mol. The summed E-state index contributed by atoms with van der Waals surface area (Å²) < 4.78 is 0. The summed E-state index contributed by atoms with van der Waals surface area (Å²) in [7, 11) is 0. The van der Waals surface area contributed by atoms with E-state index in [0.29, 0.717) is 18.5 Å². The third-order valence-corrected chi connectivity index (χ3v) is 3.57. The Balaban J connectivity index is 2.14. The van der Waals surface area contributed by atoms with Crippen LogP contribution in [-0.2, 0) is 6.42 Å². The van der Waals surface area contributed by atoms with Crippen LogP contribution in [0, 0.1) is 6.92 Å². The fourth-order valence-corrected chi connectivity index (χ4v) is 2.41. The molecule has 0 aromatic heterocycles. The molecule has 1 atom stereocenters. The molecular formula is C18H22N2O. The van der Waals surface area contributed by atoms with Gasteiger partial charge in [0.05, 0.1) is 6.04 Å². The molecule has 0 aliphatic carbocycles. The molecule has 1 amide bonds. The van der Waals surface area contributed by atoms with Gasteiger partial charge in [-0.3, -0.25) is 4.79 Å².